The smallest absolute Gasteiger partial charge is 0.258 e. The molecule has 5 nitrogen and oxygen atoms in total. The zero-order valence-corrected chi connectivity index (χ0v) is 11.6. The van der Waals surface area contributed by atoms with Crippen LogP contribution in [0.5, 0.6) is 0 Å². The molecule has 0 spiro atoms. The highest BCUT2D eigenvalue weighted by atomic mass is 79.9. The molecule has 1 atom stereocenters. The zero-order valence-electron chi connectivity index (χ0n) is 9.97. The Labute approximate surface area is 113 Å². The van der Waals surface area contributed by atoms with E-state index in [4.69, 9.17) is 15.0 Å². The number of hydrogen-bond donors (Lipinski definition) is 1. The van der Waals surface area contributed by atoms with E-state index in [9.17, 15) is 0 Å². The molecule has 0 aliphatic rings. The van der Waals surface area contributed by atoms with Crippen LogP contribution in [-0.4, -0.2) is 23.4 Å². The molecule has 0 bridgehead atoms. The number of halogens is 1. The Bertz CT molecular complexity index is 516. The first kappa shape index (κ1) is 13.2. The van der Waals surface area contributed by atoms with Gasteiger partial charge in [-0.15, -0.1) is 0 Å². The van der Waals surface area contributed by atoms with Crippen LogP contribution in [-0.2, 0) is 4.74 Å². The lowest BCUT2D eigenvalue weighted by Gasteiger charge is -2.05. The van der Waals surface area contributed by atoms with Gasteiger partial charge in [0.2, 0.25) is 0 Å². The molecule has 0 saturated heterocycles. The first-order valence-electron chi connectivity index (χ1n) is 5.63. The molecule has 0 radical (unpaired) electrons. The number of ether oxygens (including phenoxy) is 1. The van der Waals surface area contributed by atoms with Crippen molar-refractivity contribution < 1.29 is 9.26 Å². The largest absolute Gasteiger partial charge is 0.380 e. The average Bonchev–Trinajstić information content (AvgIpc) is 2.85. The minimum Gasteiger partial charge on any atom is -0.380 e. The van der Waals surface area contributed by atoms with Gasteiger partial charge in [-0.2, -0.15) is 4.98 Å². The standard InChI is InChI=1S/C12H14BrN3O2/c1-2-17-7-10(14)11-15-12(18-16-11)8-4-3-5-9(13)6-8/h3-6,10H,2,7,14H2,1H3. The van der Waals surface area contributed by atoms with Crippen LogP contribution in [0.25, 0.3) is 11.5 Å². The lowest BCUT2D eigenvalue weighted by molar-refractivity contribution is 0.130. The molecule has 96 valence electrons. The molecule has 0 amide bonds. The Hall–Kier alpha value is -1.24. The first-order chi connectivity index (χ1) is 8.70. The highest BCUT2D eigenvalue weighted by molar-refractivity contribution is 9.10. The molecule has 0 aliphatic carbocycles. The number of nitrogens with zero attached hydrogens (tertiary/aromatic N) is 2. The molecule has 1 heterocycles. The third-order valence-corrected chi connectivity index (χ3v) is 2.84. The van der Waals surface area contributed by atoms with Crippen molar-refractivity contribution in [3.05, 3.63) is 34.6 Å². The summed E-state index contributed by atoms with van der Waals surface area (Å²) >= 11 is 3.39. The van der Waals surface area contributed by atoms with Gasteiger partial charge in [-0.05, 0) is 25.1 Å². The van der Waals surface area contributed by atoms with Crippen LogP contribution in [0, 0.1) is 0 Å². The van der Waals surface area contributed by atoms with Crippen LogP contribution in [0.4, 0.5) is 0 Å². The molecule has 0 aliphatic heterocycles. The Balaban J connectivity index is 2.15. The summed E-state index contributed by atoms with van der Waals surface area (Å²) in [5.41, 5.74) is 6.74. The predicted molar refractivity (Wildman–Crippen MR) is 70.9 cm³/mol. The van der Waals surface area contributed by atoms with Crippen LogP contribution >= 0.6 is 15.9 Å². The van der Waals surface area contributed by atoms with Crippen molar-refractivity contribution in [2.45, 2.75) is 13.0 Å². The van der Waals surface area contributed by atoms with Crippen molar-refractivity contribution in [3.8, 4) is 11.5 Å². The molecule has 0 saturated carbocycles. The highest BCUT2D eigenvalue weighted by Gasteiger charge is 2.15. The predicted octanol–water partition coefficient (Wildman–Crippen LogP) is 2.54. The topological polar surface area (TPSA) is 74.2 Å². The SMILES string of the molecule is CCOCC(N)c1noc(-c2cccc(Br)c2)n1. The van der Waals surface area contributed by atoms with Crippen LogP contribution in [0.2, 0.25) is 0 Å². The Morgan fingerprint density at radius 3 is 3.06 bits per heavy atom. The second-order valence-corrected chi connectivity index (χ2v) is 4.65. The van der Waals surface area contributed by atoms with Gasteiger partial charge in [0.1, 0.15) is 0 Å². The summed E-state index contributed by atoms with van der Waals surface area (Å²) in [5.74, 6) is 0.914. The molecule has 6 heteroatoms. The Morgan fingerprint density at radius 1 is 1.50 bits per heavy atom. The van der Waals surface area contributed by atoms with Gasteiger partial charge in [0.25, 0.3) is 5.89 Å². The summed E-state index contributed by atoms with van der Waals surface area (Å²) in [7, 11) is 0. The second-order valence-electron chi connectivity index (χ2n) is 3.73. The van der Waals surface area contributed by atoms with E-state index in [0.29, 0.717) is 24.9 Å². The molecule has 1 unspecified atom stereocenters. The third-order valence-electron chi connectivity index (χ3n) is 2.35. The van der Waals surface area contributed by atoms with E-state index in [1.807, 2.05) is 31.2 Å². The van der Waals surface area contributed by atoms with Gasteiger partial charge in [0.15, 0.2) is 5.82 Å². The molecule has 18 heavy (non-hydrogen) atoms. The minimum absolute atomic E-state index is 0.366. The third kappa shape index (κ3) is 3.16. The Kier molecular flexibility index (Phi) is 4.46. The molecule has 2 aromatic rings. The van der Waals surface area contributed by atoms with E-state index >= 15 is 0 Å². The van der Waals surface area contributed by atoms with E-state index in [2.05, 4.69) is 26.1 Å². The van der Waals surface area contributed by atoms with Gasteiger partial charge < -0.3 is 15.0 Å². The fourth-order valence-electron chi connectivity index (χ4n) is 1.44. The fourth-order valence-corrected chi connectivity index (χ4v) is 1.84. The van der Waals surface area contributed by atoms with Gasteiger partial charge in [-0.3, -0.25) is 0 Å². The number of benzene rings is 1. The van der Waals surface area contributed by atoms with Crippen LogP contribution < -0.4 is 5.73 Å². The first-order valence-corrected chi connectivity index (χ1v) is 6.43. The highest BCUT2D eigenvalue weighted by Crippen LogP contribution is 2.22. The quantitative estimate of drug-likeness (QED) is 0.918. The van der Waals surface area contributed by atoms with Crippen molar-refractivity contribution >= 4 is 15.9 Å². The van der Waals surface area contributed by atoms with Crippen molar-refractivity contribution in [2.24, 2.45) is 5.73 Å². The number of rotatable bonds is 5. The summed E-state index contributed by atoms with van der Waals surface area (Å²) in [4.78, 5) is 4.27. The maximum atomic E-state index is 5.88. The Morgan fingerprint density at radius 2 is 2.33 bits per heavy atom. The van der Waals surface area contributed by atoms with Gasteiger partial charge in [-0.25, -0.2) is 0 Å². The van der Waals surface area contributed by atoms with Crippen molar-refractivity contribution in [3.63, 3.8) is 0 Å². The van der Waals surface area contributed by atoms with Crippen LogP contribution in [0.15, 0.2) is 33.3 Å². The van der Waals surface area contributed by atoms with Gasteiger partial charge >= 0.3 is 0 Å². The summed E-state index contributed by atoms with van der Waals surface area (Å²) in [5, 5.41) is 3.87. The number of nitrogens with two attached hydrogens (primary N) is 1. The van der Waals surface area contributed by atoms with Crippen LogP contribution in [0.1, 0.15) is 18.8 Å². The maximum Gasteiger partial charge on any atom is 0.258 e. The van der Waals surface area contributed by atoms with E-state index in [1.165, 1.54) is 0 Å². The monoisotopic (exact) mass is 311 g/mol. The van der Waals surface area contributed by atoms with Crippen molar-refractivity contribution in [2.75, 3.05) is 13.2 Å². The lowest BCUT2D eigenvalue weighted by atomic mass is 10.2. The van der Waals surface area contributed by atoms with Gasteiger partial charge in [0.05, 0.1) is 12.6 Å². The van der Waals surface area contributed by atoms with E-state index in [1.54, 1.807) is 0 Å². The zero-order chi connectivity index (χ0) is 13.0. The van der Waals surface area contributed by atoms with E-state index in [0.717, 1.165) is 10.0 Å². The van der Waals surface area contributed by atoms with Crippen molar-refractivity contribution in [1.82, 2.24) is 10.1 Å². The number of hydrogen-bond acceptors (Lipinski definition) is 5. The molecule has 1 aromatic heterocycles. The van der Waals surface area contributed by atoms with Crippen molar-refractivity contribution in [1.29, 1.82) is 0 Å². The lowest BCUT2D eigenvalue weighted by Crippen LogP contribution is -2.18. The molecule has 2 rings (SSSR count). The second kappa shape index (κ2) is 6.08. The summed E-state index contributed by atoms with van der Waals surface area (Å²) in [6.45, 7) is 2.91. The summed E-state index contributed by atoms with van der Waals surface area (Å²) < 4.78 is 11.4. The fraction of sp³-hybridized carbons (Fsp3) is 0.333. The minimum atomic E-state index is -0.366. The molecule has 0 fully saturated rings. The summed E-state index contributed by atoms with van der Waals surface area (Å²) in [6, 6.07) is 7.28. The number of aromatic nitrogens is 2. The normalized spacial score (nSPS) is 12.6. The average molecular weight is 312 g/mol. The summed E-state index contributed by atoms with van der Waals surface area (Å²) in [6.07, 6.45) is 0. The van der Waals surface area contributed by atoms with Gasteiger partial charge in [0, 0.05) is 16.6 Å². The van der Waals surface area contributed by atoms with E-state index in [-0.39, 0.29) is 6.04 Å². The maximum absolute atomic E-state index is 5.88. The molecular weight excluding hydrogens is 298 g/mol. The van der Waals surface area contributed by atoms with E-state index < -0.39 is 0 Å². The van der Waals surface area contributed by atoms with Crippen LogP contribution in [0.3, 0.4) is 0 Å². The molecular formula is C12H14BrN3O2. The molecule has 2 N–H and O–H groups in total. The molecule has 1 aromatic carbocycles. The van der Waals surface area contributed by atoms with Gasteiger partial charge in [-0.1, -0.05) is 27.2 Å².